The van der Waals surface area contributed by atoms with E-state index in [0.717, 1.165) is 25.2 Å². The van der Waals surface area contributed by atoms with Crippen LogP contribution in [0, 0.1) is 0 Å². The van der Waals surface area contributed by atoms with Gasteiger partial charge in [-0.1, -0.05) is 30.3 Å². The summed E-state index contributed by atoms with van der Waals surface area (Å²) in [6, 6.07) is 12.2. The molecule has 1 aliphatic carbocycles. The van der Waals surface area contributed by atoms with E-state index in [0.29, 0.717) is 12.1 Å². The van der Waals surface area contributed by atoms with Crippen LogP contribution in [0.4, 0.5) is 0 Å². The van der Waals surface area contributed by atoms with E-state index in [1.165, 1.54) is 31.2 Å². The Morgan fingerprint density at radius 1 is 1.14 bits per heavy atom. The molecule has 0 bridgehead atoms. The molecule has 0 aliphatic heterocycles. The Balaban J connectivity index is 1.67. The highest BCUT2D eigenvalue weighted by Crippen LogP contribution is 2.32. The van der Waals surface area contributed by atoms with Crippen LogP contribution in [0.1, 0.15) is 77.2 Å². The average Bonchev–Trinajstić information content (AvgIpc) is 2.47. The molecule has 2 rings (SSSR count). The quantitative estimate of drug-likeness (QED) is 0.769. The number of rotatable bonds is 7. The van der Waals surface area contributed by atoms with Crippen LogP contribution in [0.15, 0.2) is 30.3 Å². The van der Waals surface area contributed by atoms with Crippen LogP contribution >= 0.6 is 0 Å². The van der Waals surface area contributed by atoms with Gasteiger partial charge in [-0.3, -0.25) is 0 Å². The fourth-order valence-corrected chi connectivity index (χ4v) is 3.65. The minimum atomic E-state index is -0.520. The van der Waals surface area contributed by atoms with Crippen molar-refractivity contribution in [1.82, 2.24) is 5.32 Å². The molecule has 22 heavy (non-hydrogen) atoms. The number of benzene rings is 1. The zero-order valence-corrected chi connectivity index (χ0v) is 14.5. The Bertz CT molecular complexity index is 415. The van der Waals surface area contributed by atoms with Gasteiger partial charge in [0.05, 0.1) is 5.60 Å². The topological polar surface area (TPSA) is 32.3 Å². The highest BCUT2D eigenvalue weighted by molar-refractivity contribution is 5.20. The standard InChI is InChI=1S/C20H33NO/c1-16(8-7-15-20(2,3)22)21-19-13-11-18(12-14-19)17-9-5-4-6-10-17/h4-6,9-10,16,18-19,21-22H,7-8,11-15H2,1-3H3. The maximum absolute atomic E-state index is 9.77. The van der Waals surface area contributed by atoms with Gasteiger partial charge in [-0.15, -0.1) is 0 Å². The van der Waals surface area contributed by atoms with Gasteiger partial charge in [-0.25, -0.2) is 0 Å². The molecular formula is C20H33NO. The summed E-state index contributed by atoms with van der Waals surface area (Å²) in [5.74, 6) is 0.754. The van der Waals surface area contributed by atoms with Crippen molar-refractivity contribution in [2.75, 3.05) is 0 Å². The molecule has 0 aromatic heterocycles. The van der Waals surface area contributed by atoms with E-state index in [4.69, 9.17) is 0 Å². The number of nitrogens with one attached hydrogen (secondary N) is 1. The smallest absolute Gasteiger partial charge is 0.0591 e. The van der Waals surface area contributed by atoms with Crippen LogP contribution in [-0.4, -0.2) is 22.8 Å². The maximum Gasteiger partial charge on any atom is 0.0591 e. The zero-order valence-electron chi connectivity index (χ0n) is 14.5. The van der Waals surface area contributed by atoms with Crippen molar-refractivity contribution in [3.8, 4) is 0 Å². The Morgan fingerprint density at radius 2 is 1.77 bits per heavy atom. The minimum Gasteiger partial charge on any atom is -0.390 e. The molecule has 0 radical (unpaired) electrons. The van der Waals surface area contributed by atoms with E-state index in [9.17, 15) is 5.11 Å². The lowest BCUT2D eigenvalue weighted by Gasteiger charge is -2.31. The molecule has 0 heterocycles. The third-order valence-electron chi connectivity index (χ3n) is 4.94. The first-order valence-corrected chi connectivity index (χ1v) is 8.97. The number of hydrogen-bond acceptors (Lipinski definition) is 2. The first kappa shape index (κ1) is 17.5. The summed E-state index contributed by atoms with van der Waals surface area (Å²) >= 11 is 0. The summed E-state index contributed by atoms with van der Waals surface area (Å²) in [5, 5.41) is 13.6. The van der Waals surface area contributed by atoms with Gasteiger partial charge in [0.2, 0.25) is 0 Å². The summed E-state index contributed by atoms with van der Waals surface area (Å²) in [6.45, 7) is 6.08. The predicted molar refractivity (Wildman–Crippen MR) is 94.2 cm³/mol. The van der Waals surface area contributed by atoms with Crippen molar-refractivity contribution in [2.24, 2.45) is 0 Å². The van der Waals surface area contributed by atoms with Gasteiger partial charge in [0.15, 0.2) is 0 Å². The molecule has 2 nitrogen and oxygen atoms in total. The molecule has 2 N–H and O–H groups in total. The molecule has 124 valence electrons. The highest BCUT2D eigenvalue weighted by Gasteiger charge is 2.23. The average molecular weight is 303 g/mol. The summed E-state index contributed by atoms with van der Waals surface area (Å²) < 4.78 is 0. The molecule has 0 amide bonds. The third kappa shape index (κ3) is 6.10. The zero-order chi connectivity index (χ0) is 16.0. The van der Waals surface area contributed by atoms with Gasteiger partial charge in [0.1, 0.15) is 0 Å². The summed E-state index contributed by atoms with van der Waals surface area (Å²) in [4.78, 5) is 0. The monoisotopic (exact) mass is 303 g/mol. The summed E-state index contributed by atoms with van der Waals surface area (Å²) in [5.41, 5.74) is 0.993. The van der Waals surface area contributed by atoms with E-state index in [2.05, 4.69) is 42.6 Å². The van der Waals surface area contributed by atoms with Crippen LogP contribution in [0.25, 0.3) is 0 Å². The van der Waals surface area contributed by atoms with Crippen molar-refractivity contribution in [2.45, 2.75) is 89.3 Å². The Labute approximate surface area is 136 Å². The van der Waals surface area contributed by atoms with E-state index < -0.39 is 5.60 Å². The second-order valence-corrected chi connectivity index (χ2v) is 7.73. The molecule has 1 atom stereocenters. The van der Waals surface area contributed by atoms with Crippen LogP contribution in [0.3, 0.4) is 0 Å². The molecule has 1 fully saturated rings. The Kier molecular flexibility index (Phi) is 6.46. The molecule has 0 spiro atoms. The molecule has 1 aromatic carbocycles. The lowest BCUT2D eigenvalue weighted by Crippen LogP contribution is -2.39. The fourth-order valence-electron chi connectivity index (χ4n) is 3.65. The second-order valence-electron chi connectivity index (χ2n) is 7.73. The van der Waals surface area contributed by atoms with Crippen LogP contribution < -0.4 is 5.32 Å². The normalized spacial score (nSPS) is 24.2. The summed E-state index contributed by atoms with van der Waals surface area (Å²) in [6.07, 6.45) is 8.32. The lowest BCUT2D eigenvalue weighted by atomic mass is 9.81. The van der Waals surface area contributed by atoms with Crippen LogP contribution in [0.2, 0.25) is 0 Å². The van der Waals surface area contributed by atoms with Crippen LogP contribution in [-0.2, 0) is 0 Å². The van der Waals surface area contributed by atoms with Gasteiger partial charge in [0.25, 0.3) is 0 Å². The van der Waals surface area contributed by atoms with Crippen LogP contribution in [0.5, 0.6) is 0 Å². The molecule has 2 heteroatoms. The minimum absolute atomic E-state index is 0.520. The van der Waals surface area contributed by atoms with E-state index in [1.807, 2.05) is 13.8 Å². The van der Waals surface area contributed by atoms with Crippen molar-refractivity contribution in [1.29, 1.82) is 0 Å². The second kappa shape index (κ2) is 8.12. The van der Waals surface area contributed by atoms with Gasteiger partial charge in [-0.2, -0.15) is 0 Å². The molecule has 1 aliphatic rings. The first-order chi connectivity index (χ1) is 10.4. The van der Waals surface area contributed by atoms with E-state index in [-0.39, 0.29) is 0 Å². The largest absolute Gasteiger partial charge is 0.390 e. The fraction of sp³-hybridized carbons (Fsp3) is 0.700. The first-order valence-electron chi connectivity index (χ1n) is 8.97. The molecule has 1 aromatic rings. The van der Waals surface area contributed by atoms with E-state index >= 15 is 0 Å². The van der Waals surface area contributed by atoms with Gasteiger partial charge >= 0.3 is 0 Å². The van der Waals surface area contributed by atoms with Gasteiger partial charge in [-0.05, 0) is 77.2 Å². The van der Waals surface area contributed by atoms with Crippen molar-refractivity contribution in [3.05, 3.63) is 35.9 Å². The number of hydrogen-bond donors (Lipinski definition) is 2. The Morgan fingerprint density at radius 3 is 2.36 bits per heavy atom. The van der Waals surface area contributed by atoms with E-state index in [1.54, 1.807) is 0 Å². The maximum atomic E-state index is 9.77. The molecular weight excluding hydrogens is 270 g/mol. The van der Waals surface area contributed by atoms with Gasteiger partial charge < -0.3 is 10.4 Å². The molecule has 1 unspecified atom stereocenters. The molecule has 0 saturated heterocycles. The third-order valence-corrected chi connectivity index (χ3v) is 4.94. The van der Waals surface area contributed by atoms with Crippen molar-refractivity contribution >= 4 is 0 Å². The van der Waals surface area contributed by atoms with Crippen molar-refractivity contribution < 1.29 is 5.11 Å². The van der Waals surface area contributed by atoms with Crippen molar-refractivity contribution in [3.63, 3.8) is 0 Å². The highest BCUT2D eigenvalue weighted by atomic mass is 16.3. The number of aliphatic hydroxyl groups is 1. The SMILES string of the molecule is CC(CCCC(C)(C)O)NC1CCC(c2ccccc2)CC1. The molecule has 1 saturated carbocycles. The predicted octanol–water partition coefficient (Wildman–Crippen LogP) is 4.63. The lowest BCUT2D eigenvalue weighted by molar-refractivity contribution is 0.0673. The Hall–Kier alpha value is -0.860. The summed E-state index contributed by atoms with van der Waals surface area (Å²) in [7, 11) is 0. The van der Waals surface area contributed by atoms with Gasteiger partial charge in [0, 0.05) is 12.1 Å².